The fourth-order valence-corrected chi connectivity index (χ4v) is 1.08. The van der Waals surface area contributed by atoms with E-state index in [1.807, 2.05) is 6.92 Å². The van der Waals surface area contributed by atoms with Gasteiger partial charge in [-0.15, -0.1) is 0 Å². The summed E-state index contributed by atoms with van der Waals surface area (Å²) >= 11 is 0. The molecular weight excluding hydrogens is 180 g/mol. The Morgan fingerprint density at radius 3 is 2.71 bits per heavy atom. The molecule has 0 spiro atoms. The number of hydrogen-bond acceptors (Lipinski definition) is 3. The molecule has 0 aromatic rings. The molecule has 0 saturated carbocycles. The van der Waals surface area contributed by atoms with Crippen LogP contribution in [0.2, 0.25) is 0 Å². The lowest BCUT2D eigenvalue weighted by Gasteiger charge is -2.09. The summed E-state index contributed by atoms with van der Waals surface area (Å²) in [6.45, 7) is 4.33. The lowest BCUT2D eigenvalue weighted by molar-refractivity contribution is -0.121. The molecule has 2 atom stereocenters. The second-order valence-corrected chi connectivity index (χ2v) is 3.71. The lowest BCUT2D eigenvalue weighted by Crippen LogP contribution is -2.32. The quantitative estimate of drug-likeness (QED) is 0.523. The number of carbonyl (C=O) groups is 1. The van der Waals surface area contributed by atoms with Gasteiger partial charge in [-0.1, -0.05) is 6.92 Å². The Hall–Kier alpha value is -0.610. The number of nitrogens with one attached hydrogen (secondary N) is 1. The number of rotatable bonds is 7. The van der Waals surface area contributed by atoms with Crippen LogP contribution in [0.15, 0.2) is 0 Å². The Balaban J connectivity index is 3.36. The zero-order chi connectivity index (χ0) is 11.0. The van der Waals surface area contributed by atoms with Crippen molar-refractivity contribution in [2.75, 3.05) is 6.54 Å². The van der Waals surface area contributed by atoms with Gasteiger partial charge in [-0.05, 0) is 26.2 Å². The maximum atomic E-state index is 11.2. The predicted octanol–water partition coefficient (Wildman–Crippen LogP) is 0.391. The average molecular weight is 202 g/mol. The third kappa shape index (κ3) is 8.01. The molecule has 0 fully saturated rings. The van der Waals surface area contributed by atoms with Crippen molar-refractivity contribution in [1.82, 2.24) is 5.32 Å². The SMILES string of the molecule is CCC(N)CC(=O)NCCCC(C)O. The minimum Gasteiger partial charge on any atom is -0.393 e. The van der Waals surface area contributed by atoms with Crippen LogP contribution in [0.5, 0.6) is 0 Å². The van der Waals surface area contributed by atoms with E-state index in [2.05, 4.69) is 5.32 Å². The van der Waals surface area contributed by atoms with Crippen molar-refractivity contribution in [3.8, 4) is 0 Å². The van der Waals surface area contributed by atoms with E-state index >= 15 is 0 Å². The molecule has 4 nitrogen and oxygen atoms in total. The molecule has 4 heteroatoms. The smallest absolute Gasteiger partial charge is 0.221 e. The van der Waals surface area contributed by atoms with Gasteiger partial charge in [0.15, 0.2) is 0 Å². The Bertz CT molecular complexity index is 160. The minimum atomic E-state index is -0.287. The van der Waals surface area contributed by atoms with Crippen LogP contribution in [0, 0.1) is 0 Å². The summed E-state index contributed by atoms with van der Waals surface area (Å²) in [5.74, 6) is 0.00458. The summed E-state index contributed by atoms with van der Waals surface area (Å²) in [5, 5.41) is 11.7. The van der Waals surface area contributed by atoms with Crippen LogP contribution in [0.4, 0.5) is 0 Å². The topological polar surface area (TPSA) is 75.4 Å². The van der Waals surface area contributed by atoms with Gasteiger partial charge in [0.25, 0.3) is 0 Å². The molecule has 1 amide bonds. The van der Waals surface area contributed by atoms with Gasteiger partial charge in [-0.3, -0.25) is 4.79 Å². The number of hydrogen-bond donors (Lipinski definition) is 3. The molecular formula is C10H22N2O2. The van der Waals surface area contributed by atoms with Crippen LogP contribution < -0.4 is 11.1 Å². The van der Waals surface area contributed by atoms with Gasteiger partial charge < -0.3 is 16.2 Å². The first kappa shape index (κ1) is 13.4. The van der Waals surface area contributed by atoms with Crippen molar-refractivity contribution >= 4 is 5.91 Å². The summed E-state index contributed by atoms with van der Waals surface area (Å²) in [5.41, 5.74) is 5.63. The van der Waals surface area contributed by atoms with Crippen LogP contribution >= 0.6 is 0 Å². The van der Waals surface area contributed by atoms with Crippen LogP contribution in [0.25, 0.3) is 0 Å². The van der Waals surface area contributed by atoms with Crippen LogP contribution in [0.1, 0.15) is 39.5 Å². The number of nitrogens with two attached hydrogens (primary N) is 1. The molecule has 0 rings (SSSR count). The van der Waals surface area contributed by atoms with Crippen molar-refractivity contribution < 1.29 is 9.90 Å². The molecule has 2 unspecified atom stereocenters. The average Bonchev–Trinajstić information content (AvgIpc) is 2.12. The third-order valence-electron chi connectivity index (χ3n) is 2.09. The van der Waals surface area contributed by atoms with Crippen molar-refractivity contribution in [1.29, 1.82) is 0 Å². The Morgan fingerprint density at radius 1 is 1.57 bits per heavy atom. The monoisotopic (exact) mass is 202 g/mol. The molecule has 84 valence electrons. The molecule has 0 aliphatic heterocycles. The van der Waals surface area contributed by atoms with E-state index in [1.54, 1.807) is 6.92 Å². The second-order valence-electron chi connectivity index (χ2n) is 3.71. The van der Waals surface area contributed by atoms with Crippen LogP contribution in [0.3, 0.4) is 0 Å². The molecule has 0 saturated heterocycles. The maximum absolute atomic E-state index is 11.2. The lowest BCUT2D eigenvalue weighted by atomic mass is 10.1. The summed E-state index contributed by atoms with van der Waals surface area (Å²) in [6, 6.07) is -0.0354. The molecule has 4 N–H and O–H groups in total. The first-order valence-corrected chi connectivity index (χ1v) is 5.26. The summed E-state index contributed by atoms with van der Waals surface area (Å²) in [6.07, 6.45) is 2.46. The first-order valence-electron chi connectivity index (χ1n) is 5.26. The zero-order valence-corrected chi connectivity index (χ0v) is 9.12. The van der Waals surface area contributed by atoms with Crippen LogP contribution in [-0.2, 0) is 4.79 Å². The summed E-state index contributed by atoms with van der Waals surface area (Å²) in [7, 11) is 0. The molecule has 0 aliphatic carbocycles. The molecule has 0 aliphatic rings. The highest BCUT2D eigenvalue weighted by atomic mass is 16.3. The number of aliphatic hydroxyl groups is 1. The van der Waals surface area contributed by atoms with Crippen LogP contribution in [-0.4, -0.2) is 29.7 Å². The van der Waals surface area contributed by atoms with E-state index in [1.165, 1.54) is 0 Å². The standard InChI is InChI=1S/C10H22N2O2/c1-3-9(11)7-10(14)12-6-4-5-8(2)13/h8-9,13H,3-7,11H2,1-2H3,(H,12,14). The van der Waals surface area contributed by atoms with E-state index in [4.69, 9.17) is 10.8 Å². The molecule has 0 aromatic heterocycles. The maximum Gasteiger partial charge on any atom is 0.221 e. The second kappa shape index (κ2) is 7.76. The van der Waals surface area contributed by atoms with Gasteiger partial charge in [0, 0.05) is 19.0 Å². The molecule has 0 bridgehead atoms. The molecule has 14 heavy (non-hydrogen) atoms. The third-order valence-corrected chi connectivity index (χ3v) is 2.09. The first-order chi connectivity index (χ1) is 6.56. The van der Waals surface area contributed by atoms with E-state index in [9.17, 15) is 4.79 Å². The summed E-state index contributed by atoms with van der Waals surface area (Å²) in [4.78, 5) is 11.2. The van der Waals surface area contributed by atoms with Gasteiger partial charge >= 0.3 is 0 Å². The Labute approximate surface area is 85.9 Å². The molecule has 0 aromatic carbocycles. The molecule has 0 heterocycles. The molecule has 0 radical (unpaired) electrons. The van der Waals surface area contributed by atoms with Gasteiger partial charge in [-0.2, -0.15) is 0 Å². The van der Waals surface area contributed by atoms with E-state index in [0.717, 1.165) is 19.3 Å². The van der Waals surface area contributed by atoms with Crippen molar-refractivity contribution in [2.24, 2.45) is 5.73 Å². The number of carbonyl (C=O) groups excluding carboxylic acids is 1. The fourth-order valence-electron chi connectivity index (χ4n) is 1.08. The summed E-state index contributed by atoms with van der Waals surface area (Å²) < 4.78 is 0. The minimum absolute atomic E-state index is 0.00458. The van der Waals surface area contributed by atoms with E-state index in [-0.39, 0.29) is 18.1 Å². The largest absolute Gasteiger partial charge is 0.393 e. The van der Waals surface area contributed by atoms with Gasteiger partial charge in [0.2, 0.25) is 5.91 Å². The highest BCUT2D eigenvalue weighted by Crippen LogP contribution is 1.95. The van der Waals surface area contributed by atoms with Gasteiger partial charge in [0.05, 0.1) is 6.10 Å². The predicted molar refractivity (Wildman–Crippen MR) is 56.8 cm³/mol. The highest BCUT2D eigenvalue weighted by molar-refractivity contribution is 5.76. The number of aliphatic hydroxyl groups excluding tert-OH is 1. The van der Waals surface area contributed by atoms with E-state index in [0.29, 0.717) is 13.0 Å². The fraction of sp³-hybridized carbons (Fsp3) is 0.900. The zero-order valence-electron chi connectivity index (χ0n) is 9.12. The van der Waals surface area contributed by atoms with Crippen molar-refractivity contribution in [2.45, 2.75) is 51.7 Å². The van der Waals surface area contributed by atoms with Gasteiger partial charge in [-0.25, -0.2) is 0 Å². The Morgan fingerprint density at radius 2 is 2.21 bits per heavy atom. The van der Waals surface area contributed by atoms with Crippen molar-refractivity contribution in [3.05, 3.63) is 0 Å². The van der Waals surface area contributed by atoms with Gasteiger partial charge in [0.1, 0.15) is 0 Å². The normalized spacial score (nSPS) is 14.9. The van der Waals surface area contributed by atoms with Crippen molar-refractivity contribution in [3.63, 3.8) is 0 Å². The van der Waals surface area contributed by atoms with E-state index < -0.39 is 0 Å². The number of amides is 1. The Kier molecular flexibility index (Phi) is 7.42. The highest BCUT2D eigenvalue weighted by Gasteiger charge is 2.06.